The number of hydrogen-bond donors (Lipinski definition) is 0. The lowest BCUT2D eigenvalue weighted by Crippen LogP contribution is -2.25. The lowest BCUT2D eigenvalue weighted by Gasteiger charge is -2.23. The van der Waals surface area contributed by atoms with E-state index in [2.05, 4.69) is 4.98 Å². The maximum absolute atomic E-state index is 13.2. The Morgan fingerprint density at radius 1 is 1.11 bits per heavy atom. The van der Waals surface area contributed by atoms with Gasteiger partial charge in [0, 0.05) is 33.9 Å². The lowest BCUT2D eigenvalue weighted by molar-refractivity contribution is -0.385. The number of rotatable bonds is 2. The van der Waals surface area contributed by atoms with Crippen LogP contribution in [0.15, 0.2) is 70.7 Å². The third kappa shape index (κ3) is 3.37. The van der Waals surface area contributed by atoms with Gasteiger partial charge in [-0.3, -0.25) is 19.8 Å². The van der Waals surface area contributed by atoms with Gasteiger partial charge in [0.2, 0.25) is 0 Å². The standard InChI is InChI=1S/C18H10ClN3O3S.H2O/c19-11-3-5-12(6-4-11)21-15-8-7-13(22(24)25)10-16(15)26-17-14(18(21)23)2-1-9-20-17;/h1-10H;1H2. The Morgan fingerprint density at radius 3 is 2.56 bits per heavy atom. The van der Waals surface area contributed by atoms with Crippen molar-refractivity contribution in [3.63, 3.8) is 0 Å². The summed E-state index contributed by atoms with van der Waals surface area (Å²) in [6.45, 7) is 0. The zero-order valence-corrected chi connectivity index (χ0v) is 15.2. The lowest BCUT2D eigenvalue weighted by atomic mass is 10.1. The monoisotopic (exact) mass is 401 g/mol. The van der Waals surface area contributed by atoms with E-state index in [0.717, 1.165) is 0 Å². The van der Waals surface area contributed by atoms with Gasteiger partial charge in [0.05, 0.1) is 16.2 Å². The number of nitrogens with zero attached hydrogens (tertiary/aromatic N) is 3. The van der Waals surface area contributed by atoms with Crippen LogP contribution in [0.5, 0.6) is 0 Å². The molecule has 0 aliphatic carbocycles. The molecule has 1 amide bonds. The summed E-state index contributed by atoms with van der Waals surface area (Å²) in [5, 5.41) is 12.2. The Kier molecular flexibility index (Phi) is 5.13. The van der Waals surface area contributed by atoms with Crippen molar-refractivity contribution in [1.29, 1.82) is 0 Å². The minimum atomic E-state index is -0.459. The van der Waals surface area contributed by atoms with Crippen LogP contribution in [0, 0.1) is 10.1 Å². The van der Waals surface area contributed by atoms with Crippen molar-refractivity contribution in [2.24, 2.45) is 0 Å². The highest BCUT2D eigenvalue weighted by Crippen LogP contribution is 2.44. The van der Waals surface area contributed by atoms with Gasteiger partial charge in [-0.05, 0) is 42.5 Å². The molecular formula is C18H12ClN3O4S. The Morgan fingerprint density at radius 2 is 1.85 bits per heavy atom. The molecule has 2 heterocycles. The van der Waals surface area contributed by atoms with Gasteiger partial charge in [-0.1, -0.05) is 23.4 Å². The van der Waals surface area contributed by atoms with E-state index in [1.165, 1.54) is 28.8 Å². The molecule has 2 aromatic carbocycles. The van der Waals surface area contributed by atoms with Crippen LogP contribution in [0.25, 0.3) is 0 Å². The number of pyridine rings is 1. The molecule has 0 radical (unpaired) electrons. The topological polar surface area (TPSA) is 108 Å². The third-order valence-electron chi connectivity index (χ3n) is 3.89. The molecule has 1 aliphatic rings. The molecule has 27 heavy (non-hydrogen) atoms. The molecule has 0 saturated heterocycles. The molecule has 2 N–H and O–H groups in total. The molecule has 3 aromatic rings. The molecule has 7 nitrogen and oxygen atoms in total. The second-order valence-corrected chi connectivity index (χ2v) is 6.95. The zero-order valence-electron chi connectivity index (χ0n) is 13.6. The molecule has 1 aromatic heterocycles. The predicted molar refractivity (Wildman–Crippen MR) is 103 cm³/mol. The number of hydrogen-bond acceptors (Lipinski definition) is 5. The second-order valence-electron chi connectivity index (χ2n) is 5.48. The van der Waals surface area contributed by atoms with Crippen molar-refractivity contribution in [2.45, 2.75) is 9.92 Å². The van der Waals surface area contributed by atoms with Gasteiger partial charge >= 0.3 is 0 Å². The summed E-state index contributed by atoms with van der Waals surface area (Å²) >= 11 is 7.20. The predicted octanol–water partition coefficient (Wildman–Crippen LogP) is 4.26. The van der Waals surface area contributed by atoms with E-state index in [-0.39, 0.29) is 17.1 Å². The Bertz CT molecular complexity index is 1040. The number of benzene rings is 2. The molecule has 0 atom stereocenters. The molecule has 9 heteroatoms. The van der Waals surface area contributed by atoms with E-state index in [1.54, 1.807) is 48.7 Å². The Balaban J connectivity index is 0.00000210. The van der Waals surface area contributed by atoms with Crippen molar-refractivity contribution < 1.29 is 15.2 Å². The van der Waals surface area contributed by atoms with Crippen molar-refractivity contribution >= 4 is 46.3 Å². The summed E-state index contributed by atoms with van der Waals surface area (Å²) in [6.07, 6.45) is 1.59. The van der Waals surface area contributed by atoms with Crippen molar-refractivity contribution in [1.82, 2.24) is 4.98 Å². The highest BCUT2D eigenvalue weighted by Gasteiger charge is 2.30. The first-order chi connectivity index (χ1) is 12.5. The normalized spacial score (nSPS) is 12.5. The summed E-state index contributed by atoms with van der Waals surface area (Å²) in [5.74, 6) is -0.254. The minimum Gasteiger partial charge on any atom is -0.412 e. The maximum Gasteiger partial charge on any atom is 0.270 e. The van der Waals surface area contributed by atoms with E-state index >= 15 is 0 Å². The van der Waals surface area contributed by atoms with Gasteiger partial charge in [0.1, 0.15) is 5.03 Å². The van der Waals surface area contributed by atoms with Crippen LogP contribution < -0.4 is 4.90 Å². The van der Waals surface area contributed by atoms with Gasteiger partial charge < -0.3 is 5.48 Å². The van der Waals surface area contributed by atoms with Gasteiger partial charge in [-0.25, -0.2) is 4.98 Å². The number of anilines is 2. The average Bonchev–Trinajstić information content (AvgIpc) is 2.76. The highest BCUT2D eigenvalue weighted by atomic mass is 35.5. The first-order valence-corrected chi connectivity index (χ1v) is 8.75. The number of aromatic nitrogens is 1. The van der Waals surface area contributed by atoms with Crippen LogP contribution in [-0.2, 0) is 0 Å². The van der Waals surface area contributed by atoms with E-state index in [4.69, 9.17) is 11.6 Å². The molecule has 1 aliphatic heterocycles. The Labute approximate surface area is 163 Å². The summed E-state index contributed by atoms with van der Waals surface area (Å²) in [6, 6.07) is 14.7. The number of carbonyl (C=O) groups excluding carboxylic acids is 1. The summed E-state index contributed by atoms with van der Waals surface area (Å²) < 4.78 is 0. The summed E-state index contributed by atoms with van der Waals surface area (Å²) in [7, 11) is 0. The van der Waals surface area contributed by atoms with Crippen LogP contribution in [0.3, 0.4) is 0 Å². The van der Waals surface area contributed by atoms with Crippen molar-refractivity contribution in [2.75, 3.05) is 4.90 Å². The average molecular weight is 402 g/mol. The summed E-state index contributed by atoms with van der Waals surface area (Å²) in [4.78, 5) is 30.3. The van der Waals surface area contributed by atoms with Crippen LogP contribution in [0.2, 0.25) is 5.02 Å². The van der Waals surface area contributed by atoms with Gasteiger partial charge in [-0.2, -0.15) is 0 Å². The molecule has 136 valence electrons. The number of nitro groups is 1. The highest BCUT2D eigenvalue weighted by molar-refractivity contribution is 7.99. The fourth-order valence-corrected chi connectivity index (χ4v) is 3.86. The summed E-state index contributed by atoms with van der Waals surface area (Å²) in [5.41, 5.74) is 1.57. The molecule has 0 saturated carbocycles. The first kappa shape index (κ1) is 18.8. The fraction of sp³-hybridized carbons (Fsp3) is 0. The second kappa shape index (κ2) is 7.36. The fourth-order valence-electron chi connectivity index (χ4n) is 2.70. The number of amides is 1. The number of non-ortho nitro benzene ring substituents is 1. The van der Waals surface area contributed by atoms with Gasteiger partial charge in [0.15, 0.2) is 0 Å². The molecule has 0 bridgehead atoms. The van der Waals surface area contributed by atoms with Crippen molar-refractivity contribution in [3.05, 3.63) is 81.5 Å². The van der Waals surface area contributed by atoms with Gasteiger partial charge in [-0.15, -0.1) is 0 Å². The smallest absolute Gasteiger partial charge is 0.270 e. The molecule has 4 rings (SSSR count). The number of fused-ring (bicyclic) bond motifs is 2. The minimum absolute atomic E-state index is 0. The molecular weight excluding hydrogens is 390 g/mol. The quantitative estimate of drug-likeness (QED) is 0.470. The van der Waals surface area contributed by atoms with E-state index in [9.17, 15) is 14.9 Å². The van der Waals surface area contributed by atoms with Crippen LogP contribution >= 0.6 is 23.4 Å². The Hall–Kier alpha value is -2.94. The molecule has 0 unspecified atom stereocenters. The van der Waals surface area contributed by atoms with Crippen LogP contribution in [-0.4, -0.2) is 21.3 Å². The largest absolute Gasteiger partial charge is 0.412 e. The van der Waals surface area contributed by atoms with Crippen molar-refractivity contribution in [3.8, 4) is 0 Å². The molecule has 0 spiro atoms. The maximum atomic E-state index is 13.2. The van der Waals surface area contributed by atoms with Crippen LogP contribution in [0.1, 0.15) is 10.4 Å². The zero-order chi connectivity index (χ0) is 18.3. The number of halogens is 1. The number of carbonyl (C=O) groups is 1. The van der Waals surface area contributed by atoms with E-state index in [1.807, 2.05) is 0 Å². The first-order valence-electron chi connectivity index (χ1n) is 7.56. The molecule has 0 fully saturated rings. The third-order valence-corrected chi connectivity index (χ3v) is 5.21. The van der Waals surface area contributed by atoms with Crippen LogP contribution in [0.4, 0.5) is 17.1 Å². The number of nitro benzene ring substituents is 1. The SMILES string of the molecule is O.O=C1c2cccnc2Sc2cc([N+](=O)[O-])ccc2N1c1ccc(Cl)cc1. The van der Waals surface area contributed by atoms with Gasteiger partial charge in [0.25, 0.3) is 11.6 Å². The van der Waals surface area contributed by atoms with E-state index < -0.39 is 4.92 Å². The van der Waals surface area contributed by atoms with E-state index in [0.29, 0.717) is 31.9 Å².